The largest absolute Gasteiger partial charge is 0.323 e. The van der Waals surface area contributed by atoms with Crippen molar-refractivity contribution in [1.82, 2.24) is 20.0 Å². The van der Waals surface area contributed by atoms with E-state index in [1.165, 1.54) is 0 Å². The molecule has 2 rings (SSSR count). The third kappa shape index (κ3) is 2.19. The van der Waals surface area contributed by atoms with Gasteiger partial charge in [-0.1, -0.05) is 19.1 Å². The minimum atomic E-state index is -0.0460. The van der Waals surface area contributed by atoms with E-state index in [4.69, 9.17) is 5.73 Å². The van der Waals surface area contributed by atoms with Gasteiger partial charge in [0, 0.05) is 6.20 Å². The van der Waals surface area contributed by atoms with Crippen molar-refractivity contribution in [2.45, 2.75) is 32.7 Å². The van der Waals surface area contributed by atoms with Crippen LogP contribution < -0.4 is 5.73 Å². The zero-order valence-corrected chi connectivity index (χ0v) is 10.2. The molecule has 0 saturated carbocycles. The second-order valence-electron chi connectivity index (χ2n) is 3.91. The minimum absolute atomic E-state index is 0.0460. The summed E-state index contributed by atoms with van der Waals surface area (Å²) >= 11 is 0. The Bertz CT molecular complexity index is 477. The second kappa shape index (κ2) is 5.05. The van der Waals surface area contributed by atoms with Crippen LogP contribution in [0, 0.1) is 0 Å². The van der Waals surface area contributed by atoms with Crippen molar-refractivity contribution in [3.05, 3.63) is 35.9 Å². The number of rotatable bonds is 4. The lowest BCUT2D eigenvalue weighted by Gasteiger charge is -2.08. The molecule has 0 spiro atoms. The van der Waals surface area contributed by atoms with Gasteiger partial charge in [-0.25, -0.2) is 4.68 Å². The highest BCUT2D eigenvalue weighted by Gasteiger charge is 2.17. The fraction of sp³-hybridized carbons (Fsp3) is 0.417. The maximum atomic E-state index is 6.03. The van der Waals surface area contributed by atoms with Crippen molar-refractivity contribution in [2.75, 3.05) is 0 Å². The highest BCUT2D eigenvalue weighted by molar-refractivity contribution is 5.31. The highest BCUT2D eigenvalue weighted by atomic mass is 15.4. The number of nitrogens with zero attached hydrogens (tertiary/aromatic N) is 4. The number of hydrogen-bond acceptors (Lipinski definition) is 4. The second-order valence-corrected chi connectivity index (χ2v) is 3.91. The molecule has 2 aromatic rings. The molecular weight excluding hydrogens is 214 g/mol. The molecule has 0 saturated heterocycles. The Labute approximate surface area is 101 Å². The fourth-order valence-corrected chi connectivity index (χ4v) is 1.81. The van der Waals surface area contributed by atoms with Crippen LogP contribution in [0.5, 0.6) is 0 Å². The van der Waals surface area contributed by atoms with Gasteiger partial charge in [-0.3, -0.25) is 4.98 Å². The molecule has 0 amide bonds. The molecule has 0 fully saturated rings. The maximum Gasteiger partial charge on any atom is 0.103 e. The van der Waals surface area contributed by atoms with Crippen LogP contribution in [0.3, 0.4) is 0 Å². The average molecular weight is 231 g/mol. The Morgan fingerprint density at radius 3 is 2.82 bits per heavy atom. The molecule has 2 aromatic heterocycles. The van der Waals surface area contributed by atoms with Crippen molar-refractivity contribution in [3.63, 3.8) is 0 Å². The summed E-state index contributed by atoms with van der Waals surface area (Å²) in [5.74, 6) is 0. The normalized spacial score (nSPS) is 12.6. The van der Waals surface area contributed by atoms with Crippen molar-refractivity contribution in [1.29, 1.82) is 0 Å². The Hall–Kier alpha value is -1.75. The molecule has 17 heavy (non-hydrogen) atoms. The lowest BCUT2D eigenvalue weighted by molar-refractivity contribution is 0.665. The van der Waals surface area contributed by atoms with Crippen LogP contribution >= 0.6 is 0 Å². The third-order valence-electron chi connectivity index (χ3n) is 2.81. The van der Waals surface area contributed by atoms with Gasteiger partial charge in [0.15, 0.2) is 0 Å². The first-order chi connectivity index (χ1) is 8.27. The van der Waals surface area contributed by atoms with E-state index < -0.39 is 0 Å². The van der Waals surface area contributed by atoms with Gasteiger partial charge in [0.05, 0.1) is 23.6 Å². The summed E-state index contributed by atoms with van der Waals surface area (Å²) in [5.41, 5.74) is 8.90. The zero-order chi connectivity index (χ0) is 12.3. The number of pyridine rings is 1. The molecule has 2 N–H and O–H groups in total. The van der Waals surface area contributed by atoms with Gasteiger partial charge in [0.25, 0.3) is 0 Å². The SMILES string of the molecule is CCc1c(C(N)CC)nnn1-c1cccnc1. The Balaban J connectivity index is 2.46. The van der Waals surface area contributed by atoms with Gasteiger partial charge >= 0.3 is 0 Å². The van der Waals surface area contributed by atoms with Crippen LogP contribution in [0.4, 0.5) is 0 Å². The lowest BCUT2D eigenvalue weighted by atomic mass is 10.1. The van der Waals surface area contributed by atoms with Crippen molar-refractivity contribution in [2.24, 2.45) is 5.73 Å². The average Bonchev–Trinajstić information content (AvgIpc) is 2.82. The first-order valence-electron chi connectivity index (χ1n) is 5.88. The quantitative estimate of drug-likeness (QED) is 0.868. The Morgan fingerprint density at radius 2 is 2.24 bits per heavy atom. The van der Waals surface area contributed by atoms with Crippen molar-refractivity contribution in [3.8, 4) is 5.69 Å². The van der Waals surface area contributed by atoms with Gasteiger partial charge < -0.3 is 5.73 Å². The Morgan fingerprint density at radius 1 is 1.41 bits per heavy atom. The van der Waals surface area contributed by atoms with Crippen molar-refractivity contribution < 1.29 is 0 Å². The first-order valence-corrected chi connectivity index (χ1v) is 5.88. The van der Waals surface area contributed by atoms with E-state index in [1.807, 2.05) is 23.7 Å². The van der Waals surface area contributed by atoms with Crippen LogP contribution in [-0.2, 0) is 6.42 Å². The molecule has 0 aliphatic rings. The van der Waals surface area contributed by atoms with E-state index in [-0.39, 0.29) is 6.04 Å². The van der Waals surface area contributed by atoms with Crippen LogP contribution in [0.1, 0.15) is 37.7 Å². The maximum absolute atomic E-state index is 6.03. The monoisotopic (exact) mass is 231 g/mol. The summed E-state index contributed by atoms with van der Waals surface area (Å²) in [7, 11) is 0. The number of nitrogens with two attached hydrogens (primary N) is 1. The smallest absolute Gasteiger partial charge is 0.103 e. The zero-order valence-electron chi connectivity index (χ0n) is 10.2. The van der Waals surface area contributed by atoms with Crippen molar-refractivity contribution >= 4 is 0 Å². The molecule has 90 valence electrons. The van der Waals surface area contributed by atoms with Crippen LogP contribution in [0.2, 0.25) is 0 Å². The van der Waals surface area contributed by atoms with E-state index in [9.17, 15) is 0 Å². The van der Waals surface area contributed by atoms with E-state index >= 15 is 0 Å². The van der Waals surface area contributed by atoms with Crippen LogP contribution in [-0.4, -0.2) is 20.0 Å². The van der Waals surface area contributed by atoms with Gasteiger partial charge in [-0.15, -0.1) is 5.10 Å². The van der Waals surface area contributed by atoms with Crippen LogP contribution in [0.25, 0.3) is 5.69 Å². The standard InChI is InChI=1S/C12H17N5/c1-3-10(13)12-11(4-2)17(16-15-12)9-6-5-7-14-8-9/h5-8,10H,3-4,13H2,1-2H3. The molecule has 1 unspecified atom stereocenters. The lowest BCUT2D eigenvalue weighted by Crippen LogP contribution is -2.12. The predicted octanol–water partition coefficient (Wildman–Crippen LogP) is 1.63. The summed E-state index contributed by atoms with van der Waals surface area (Å²) in [4.78, 5) is 4.09. The molecule has 0 aromatic carbocycles. The van der Waals surface area contributed by atoms with Gasteiger partial charge in [-0.2, -0.15) is 0 Å². The fourth-order valence-electron chi connectivity index (χ4n) is 1.81. The number of hydrogen-bond donors (Lipinski definition) is 1. The van der Waals surface area contributed by atoms with Gasteiger partial charge in [0.2, 0.25) is 0 Å². The van der Waals surface area contributed by atoms with Gasteiger partial charge in [-0.05, 0) is 25.0 Å². The number of aromatic nitrogens is 4. The minimum Gasteiger partial charge on any atom is -0.323 e. The summed E-state index contributed by atoms with van der Waals surface area (Å²) in [6, 6.07) is 3.80. The van der Waals surface area contributed by atoms with E-state index in [0.29, 0.717) is 0 Å². The van der Waals surface area contributed by atoms with E-state index in [1.54, 1.807) is 12.4 Å². The molecule has 0 radical (unpaired) electrons. The highest BCUT2D eigenvalue weighted by Crippen LogP contribution is 2.19. The van der Waals surface area contributed by atoms with E-state index in [2.05, 4.69) is 22.2 Å². The van der Waals surface area contributed by atoms with E-state index in [0.717, 1.165) is 29.9 Å². The molecule has 5 heteroatoms. The molecule has 5 nitrogen and oxygen atoms in total. The topological polar surface area (TPSA) is 69.6 Å². The van der Waals surface area contributed by atoms with Gasteiger partial charge in [0.1, 0.15) is 5.69 Å². The summed E-state index contributed by atoms with van der Waals surface area (Å²) in [6.07, 6.45) is 5.23. The molecule has 1 atom stereocenters. The predicted molar refractivity (Wildman–Crippen MR) is 65.8 cm³/mol. The summed E-state index contributed by atoms with van der Waals surface area (Å²) < 4.78 is 1.82. The summed E-state index contributed by atoms with van der Waals surface area (Å²) in [5, 5.41) is 8.37. The molecule has 2 heterocycles. The third-order valence-corrected chi connectivity index (χ3v) is 2.81. The molecular formula is C12H17N5. The Kier molecular flexibility index (Phi) is 3.49. The van der Waals surface area contributed by atoms with Crippen LogP contribution in [0.15, 0.2) is 24.5 Å². The summed E-state index contributed by atoms with van der Waals surface area (Å²) in [6.45, 7) is 4.13. The molecule has 0 bridgehead atoms. The molecule has 0 aliphatic carbocycles. The molecule has 0 aliphatic heterocycles. The first kappa shape index (κ1) is 11.7.